The number of ether oxygens (including phenoxy) is 1. The Labute approximate surface area is 201 Å². The van der Waals surface area contributed by atoms with Gasteiger partial charge >= 0.3 is 0 Å². The fourth-order valence-corrected chi connectivity index (χ4v) is 4.95. The second-order valence-electron chi connectivity index (χ2n) is 7.74. The predicted molar refractivity (Wildman–Crippen MR) is 127 cm³/mol. The number of fused-ring (bicyclic) bond motifs is 1. The second kappa shape index (κ2) is 8.71. The van der Waals surface area contributed by atoms with Crippen molar-refractivity contribution >= 4 is 46.4 Å². The van der Waals surface area contributed by atoms with E-state index in [4.69, 9.17) is 32.8 Å². The molecule has 2 aliphatic rings. The van der Waals surface area contributed by atoms with Crippen molar-refractivity contribution in [3.8, 4) is 5.75 Å². The standard InChI is InChI=1S/C25H20Cl2N2O4/c1-2-32-20-11-7-6-10-19(20)28-24(30)21-22(17-13-12-15(26)14-18(17)27)29(33-23(21)25(28)31)16-8-4-3-5-9-16/h3-14,21-23H,2H2,1H3/t21-,22-,23+/m1/s1. The molecule has 6 nitrogen and oxygen atoms in total. The number of amides is 2. The van der Waals surface area contributed by atoms with Gasteiger partial charge in [0.1, 0.15) is 11.7 Å². The zero-order valence-corrected chi connectivity index (χ0v) is 19.2. The van der Waals surface area contributed by atoms with Gasteiger partial charge in [-0.25, -0.2) is 9.96 Å². The van der Waals surface area contributed by atoms with Gasteiger partial charge in [0.15, 0.2) is 6.10 Å². The van der Waals surface area contributed by atoms with Crippen molar-refractivity contribution in [2.24, 2.45) is 5.92 Å². The summed E-state index contributed by atoms with van der Waals surface area (Å²) in [5, 5.41) is 2.48. The number of para-hydroxylation sites is 3. The minimum absolute atomic E-state index is 0.369. The molecule has 0 bridgehead atoms. The number of carbonyl (C=O) groups is 2. The highest BCUT2D eigenvalue weighted by Gasteiger charge is 2.61. The first-order valence-corrected chi connectivity index (χ1v) is 11.3. The minimum atomic E-state index is -0.996. The van der Waals surface area contributed by atoms with E-state index in [1.807, 2.05) is 37.3 Å². The molecule has 3 aromatic carbocycles. The summed E-state index contributed by atoms with van der Waals surface area (Å²) in [5.74, 6) is -1.15. The van der Waals surface area contributed by atoms with Gasteiger partial charge in [-0.2, -0.15) is 0 Å². The first-order chi connectivity index (χ1) is 16.0. The molecule has 2 amide bonds. The third kappa shape index (κ3) is 3.64. The highest BCUT2D eigenvalue weighted by molar-refractivity contribution is 6.35. The molecule has 3 atom stereocenters. The number of nitrogens with zero attached hydrogens (tertiary/aromatic N) is 2. The van der Waals surface area contributed by atoms with E-state index in [0.717, 1.165) is 0 Å². The molecule has 8 heteroatoms. The van der Waals surface area contributed by atoms with E-state index in [1.165, 1.54) is 4.90 Å². The van der Waals surface area contributed by atoms with Crippen LogP contribution in [0.25, 0.3) is 0 Å². The van der Waals surface area contributed by atoms with E-state index in [1.54, 1.807) is 47.5 Å². The number of rotatable bonds is 5. The fraction of sp³-hybridized carbons (Fsp3) is 0.200. The van der Waals surface area contributed by atoms with Crippen LogP contribution in [0.5, 0.6) is 5.75 Å². The third-order valence-electron chi connectivity index (χ3n) is 5.81. The summed E-state index contributed by atoms with van der Waals surface area (Å²) < 4.78 is 5.67. The van der Waals surface area contributed by atoms with Crippen molar-refractivity contribution in [2.75, 3.05) is 16.6 Å². The molecule has 0 saturated carbocycles. The molecular formula is C25H20Cl2N2O4. The van der Waals surface area contributed by atoms with Crippen LogP contribution in [0, 0.1) is 5.92 Å². The molecule has 3 aromatic rings. The van der Waals surface area contributed by atoms with Crippen LogP contribution in [0.4, 0.5) is 11.4 Å². The molecule has 2 fully saturated rings. The van der Waals surface area contributed by atoms with Crippen molar-refractivity contribution in [2.45, 2.75) is 19.1 Å². The van der Waals surface area contributed by atoms with Gasteiger partial charge in [0.25, 0.3) is 5.91 Å². The minimum Gasteiger partial charge on any atom is -0.492 e. The summed E-state index contributed by atoms with van der Waals surface area (Å²) in [4.78, 5) is 34.6. The zero-order valence-electron chi connectivity index (χ0n) is 17.7. The Bertz CT molecular complexity index is 1220. The maximum absolute atomic E-state index is 13.8. The molecule has 0 aromatic heterocycles. The fourth-order valence-electron chi connectivity index (χ4n) is 4.43. The Hall–Kier alpha value is -3.06. The van der Waals surface area contributed by atoms with Gasteiger partial charge in [-0.1, -0.05) is 59.6 Å². The lowest BCUT2D eigenvalue weighted by Crippen LogP contribution is -2.37. The number of carbonyl (C=O) groups excluding carboxylic acids is 2. The van der Waals surface area contributed by atoms with Crippen LogP contribution in [-0.2, 0) is 14.4 Å². The number of imide groups is 1. The lowest BCUT2D eigenvalue weighted by molar-refractivity contribution is -0.126. The first-order valence-electron chi connectivity index (χ1n) is 10.6. The molecule has 2 aliphatic heterocycles. The van der Waals surface area contributed by atoms with E-state index in [9.17, 15) is 9.59 Å². The van der Waals surface area contributed by atoms with E-state index >= 15 is 0 Å². The molecule has 0 unspecified atom stereocenters. The normalized spacial score (nSPS) is 22.1. The van der Waals surface area contributed by atoms with Gasteiger partial charge in [0, 0.05) is 10.0 Å². The average Bonchev–Trinajstić information content (AvgIpc) is 3.31. The Morgan fingerprint density at radius 2 is 1.67 bits per heavy atom. The summed E-state index contributed by atoms with van der Waals surface area (Å²) in [7, 11) is 0. The Morgan fingerprint density at radius 1 is 0.939 bits per heavy atom. The molecule has 0 N–H and O–H groups in total. The van der Waals surface area contributed by atoms with E-state index in [-0.39, 0.29) is 5.91 Å². The SMILES string of the molecule is CCOc1ccccc1N1C(=O)[C@H]2[C@H](ON(c3ccccc3)[C@@H]2c2ccc(Cl)cc2Cl)C1=O. The second-order valence-corrected chi connectivity index (χ2v) is 8.58. The Kier molecular flexibility index (Phi) is 5.74. The highest BCUT2D eigenvalue weighted by atomic mass is 35.5. The number of benzene rings is 3. The van der Waals surface area contributed by atoms with Gasteiger partial charge in [-0.05, 0) is 48.9 Å². The lowest BCUT2D eigenvalue weighted by atomic mass is 9.90. The van der Waals surface area contributed by atoms with Crippen LogP contribution in [-0.4, -0.2) is 24.5 Å². The predicted octanol–water partition coefficient (Wildman–Crippen LogP) is 5.44. The summed E-state index contributed by atoms with van der Waals surface area (Å²) in [5.41, 5.74) is 1.77. The molecule has 33 heavy (non-hydrogen) atoms. The molecule has 0 spiro atoms. The molecule has 2 heterocycles. The lowest BCUT2D eigenvalue weighted by Gasteiger charge is -2.29. The molecule has 0 radical (unpaired) electrons. The van der Waals surface area contributed by atoms with Crippen LogP contribution in [0.15, 0.2) is 72.8 Å². The zero-order chi connectivity index (χ0) is 23.1. The molecular weight excluding hydrogens is 463 g/mol. The van der Waals surface area contributed by atoms with E-state index in [0.29, 0.717) is 39.3 Å². The van der Waals surface area contributed by atoms with Crippen molar-refractivity contribution in [1.29, 1.82) is 0 Å². The quantitative estimate of drug-likeness (QED) is 0.453. The van der Waals surface area contributed by atoms with Gasteiger partial charge in [0.05, 0.1) is 24.0 Å². The molecule has 5 rings (SSSR count). The van der Waals surface area contributed by atoms with Gasteiger partial charge in [-0.3, -0.25) is 14.4 Å². The first kappa shape index (κ1) is 21.8. The van der Waals surface area contributed by atoms with Crippen LogP contribution >= 0.6 is 23.2 Å². The number of anilines is 2. The number of hydrogen-bond donors (Lipinski definition) is 0. The topological polar surface area (TPSA) is 59.1 Å². The maximum Gasteiger partial charge on any atom is 0.266 e. The van der Waals surface area contributed by atoms with E-state index in [2.05, 4.69) is 0 Å². The molecule has 168 valence electrons. The average molecular weight is 483 g/mol. The number of hydrogen-bond acceptors (Lipinski definition) is 5. The molecule has 0 aliphatic carbocycles. The van der Waals surface area contributed by atoms with Crippen molar-refractivity contribution in [1.82, 2.24) is 0 Å². The Balaban J connectivity index is 1.61. The van der Waals surface area contributed by atoms with Gasteiger partial charge in [0.2, 0.25) is 5.91 Å². The van der Waals surface area contributed by atoms with Crippen molar-refractivity contribution < 1.29 is 19.2 Å². The van der Waals surface area contributed by atoms with Gasteiger partial charge < -0.3 is 4.74 Å². The highest BCUT2D eigenvalue weighted by Crippen LogP contribution is 2.50. The smallest absolute Gasteiger partial charge is 0.266 e. The summed E-state index contributed by atoms with van der Waals surface area (Å²) in [6, 6.07) is 20.8. The van der Waals surface area contributed by atoms with Crippen LogP contribution in [0.1, 0.15) is 18.5 Å². The molecule has 2 saturated heterocycles. The van der Waals surface area contributed by atoms with Gasteiger partial charge in [-0.15, -0.1) is 0 Å². The number of hydroxylamine groups is 1. The van der Waals surface area contributed by atoms with Crippen molar-refractivity contribution in [3.05, 3.63) is 88.4 Å². The number of halogens is 2. The monoisotopic (exact) mass is 482 g/mol. The van der Waals surface area contributed by atoms with Crippen LogP contribution in [0.2, 0.25) is 10.0 Å². The maximum atomic E-state index is 13.8. The van der Waals surface area contributed by atoms with E-state index < -0.39 is 24.0 Å². The van der Waals surface area contributed by atoms with Crippen molar-refractivity contribution in [3.63, 3.8) is 0 Å². The largest absolute Gasteiger partial charge is 0.492 e. The third-order valence-corrected chi connectivity index (χ3v) is 6.38. The Morgan fingerprint density at radius 3 is 2.39 bits per heavy atom. The summed E-state index contributed by atoms with van der Waals surface area (Å²) >= 11 is 12.7. The summed E-state index contributed by atoms with van der Waals surface area (Å²) in [6.45, 7) is 2.25. The summed E-state index contributed by atoms with van der Waals surface area (Å²) in [6.07, 6.45) is -0.996. The van der Waals surface area contributed by atoms with Crippen LogP contribution in [0.3, 0.4) is 0 Å². The van der Waals surface area contributed by atoms with Crippen LogP contribution < -0.4 is 14.7 Å².